The fourth-order valence-electron chi connectivity index (χ4n) is 2.13. The molecule has 2 fully saturated rings. The predicted molar refractivity (Wildman–Crippen MR) is 56.6 cm³/mol. The third-order valence-electron chi connectivity index (χ3n) is 2.81. The lowest BCUT2D eigenvalue weighted by molar-refractivity contribution is -0.0768. The van der Waals surface area contributed by atoms with Gasteiger partial charge in [-0.1, -0.05) is 11.8 Å². The van der Waals surface area contributed by atoms with E-state index >= 15 is 0 Å². The Bertz CT molecular complexity index is 229. The van der Waals surface area contributed by atoms with E-state index in [-0.39, 0.29) is 10.8 Å². The SMILES string of the molecule is N=C(N)SC1CCOC2(CCOC2)C1. The number of ether oxygens (including phenoxy) is 2. The Hall–Kier alpha value is -0.260. The van der Waals surface area contributed by atoms with E-state index in [0.717, 1.165) is 32.5 Å². The highest BCUT2D eigenvalue weighted by molar-refractivity contribution is 8.14. The van der Waals surface area contributed by atoms with Crippen LogP contribution in [-0.2, 0) is 9.47 Å². The van der Waals surface area contributed by atoms with Crippen LogP contribution in [0.1, 0.15) is 19.3 Å². The largest absolute Gasteiger partial charge is 0.379 e. The van der Waals surface area contributed by atoms with Crippen LogP contribution in [0.15, 0.2) is 0 Å². The highest BCUT2D eigenvalue weighted by Crippen LogP contribution is 2.37. The molecular weight excluding hydrogens is 200 g/mol. The van der Waals surface area contributed by atoms with Gasteiger partial charge in [0.05, 0.1) is 12.2 Å². The first-order valence-electron chi connectivity index (χ1n) is 4.93. The summed E-state index contributed by atoms with van der Waals surface area (Å²) >= 11 is 1.46. The second-order valence-corrected chi connectivity index (χ2v) is 5.27. The van der Waals surface area contributed by atoms with Crippen molar-refractivity contribution in [3.63, 3.8) is 0 Å². The molecule has 2 atom stereocenters. The van der Waals surface area contributed by atoms with E-state index in [1.165, 1.54) is 11.8 Å². The summed E-state index contributed by atoms with van der Waals surface area (Å²) in [5.74, 6) is 0. The Morgan fingerprint density at radius 2 is 2.36 bits per heavy atom. The van der Waals surface area contributed by atoms with E-state index in [4.69, 9.17) is 20.6 Å². The van der Waals surface area contributed by atoms with Crippen LogP contribution in [0.2, 0.25) is 0 Å². The molecule has 2 aliphatic heterocycles. The van der Waals surface area contributed by atoms with Gasteiger partial charge < -0.3 is 15.2 Å². The first kappa shape index (κ1) is 10.3. The average molecular weight is 216 g/mol. The lowest BCUT2D eigenvalue weighted by atomic mass is 9.93. The molecule has 1 spiro atoms. The molecule has 0 aliphatic carbocycles. The van der Waals surface area contributed by atoms with Gasteiger partial charge >= 0.3 is 0 Å². The average Bonchev–Trinajstić information content (AvgIpc) is 2.52. The lowest BCUT2D eigenvalue weighted by Gasteiger charge is -2.36. The Kier molecular flexibility index (Phi) is 2.99. The summed E-state index contributed by atoms with van der Waals surface area (Å²) in [7, 11) is 0. The molecule has 0 radical (unpaired) electrons. The third kappa shape index (κ3) is 2.21. The van der Waals surface area contributed by atoms with Crippen LogP contribution in [0.3, 0.4) is 0 Å². The third-order valence-corrected chi connectivity index (χ3v) is 3.80. The van der Waals surface area contributed by atoms with Crippen molar-refractivity contribution >= 4 is 16.9 Å². The normalized spacial score (nSPS) is 37.6. The monoisotopic (exact) mass is 216 g/mol. The molecule has 0 aromatic rings. The molecule has 0 amide bonds. The maximum atomic E-state index is 7.26. The first-order chi connectivity index (χ1) is 6.70. The molecule has 5 heteroatoms. The fraction of sp³-hybridized carbons (Fsp3) is 0.889. The van der Waals surface area contributed by atoms with Gasteiger partial charge in [0, 0.05) is 24.9 Å². The molecule has 0 aromatic carbocycles. The van der Waals surface area contributed by atoms with Crippen molar-refractivity contribution in [2.75, 3.05) is 19.8 Å². The van der Waals surface area contributed by atoms with Gasteiger partial charge in [0.1, 0.15) is 0 Å². The summed E-state index contributed by atoms with van der Waals surface area (Å²) < 4.78 is 11.2. The number of rotatable bonds is 1. The number of amidine groups is 1. The van der Waals surface area contributed by atoms with Crippen molar-refractivity contribution in [3.05, 3.63) is 0 Å². The first-order valence-corrected chi connectivity index (χ1v) is 5.81. The summed E-state index contributed by atoms with van der Waals surface area (Å²) in [5.41, 5.74) is 5.32. The predicted octanol–water partition coefficient (Wildman–Crippen LogP) is 0.951. The fourth-order valence-corrected chi connectivity index (χ4v) is 3.09. The number of nitrogens with two attached hydrogens (primary N) is 1. The molecule has 3 N–H and O–H groups in total. The molecule has 80 valence electrons. The van der Waals surface area contributed by atoms with Crippen LogP contribution in [-0.4, -0.2) is 35.8 Å². The van der Waals surface area contributed by atoms with E-state index < -0.39 is 0 Å². The van der Waals surface area contributed by atoms with E-state index in [9.17, 15) is 0 Å². The number of nitrogens with one attached hydrogen (secondary N) is 1. The van der Waals surface area contributed by atoms with Crippen molar-refractivity contribution in [3.8, 4) is 0 Å². The van der Waals surface area contributed by atoms with Crippen molar-refractivity contribution in [2.24, 2.45) is 5.73 Å². The molecule has 2 unspecified atom stereocenters. The Morgan fingerprint density at radius 1 is 1.50 bits per heavy atom. The molecular formula is C9H16N2O2S. The lowest BCUT2D eigenvalue weighted by Crippen LogP contribution is -2.41. The maximum Gasteiger partial charge on any atom is 0.151 e. The second kappa shape index (κ2) is 4.08. The van der Waals surface area contributed by atoms with E-state index in [0.29, 0.717) is 11.9 Å². The number of hydrogen-bond donors (Lipinski definition) is 2. The molecule has 4 nitrogen and oxygen atoms in total. The quantitative estimate of drug-likeness (QED) is 0.506. The molecule has 2 saturated heterocycles. The molecule has 2 heterocycles. The smallest absolute Gasteiger partial charge is 0.151 e. The van der Waals surface area contributed by atoms with Crippen LogP contribution < -0.4 is 5.73 Å². The highest BCUT2D eigenvalue weighted by atomic mass is 32.2. The second-order valence-electron chi connectivity index (χ2n) is 3.93. The van der Waals surface area contributed by atoms with Crippen LogP contribution in [0.5, 0.6) is 0 Å². The van der Waals surface area contributed by atoms with E-state index in [2.05, 4.69) is 0 Å². The number of hydrogen-bond acceptors (Lipinski definition) is 4. The van der Waals surface area contributed by atoms with Gasteiger partial charge in [0.2, 0.25) is 0 Å². The molecule has 0 bridgehead atoms. The van der Waals surface area contributed by atoms with Gasteiger partial charge in [0.25, 0.3) is 0 Å². The summed E-state index contributed by atoms with van der Waals surface area (Å²) in [5, 5.41) is 7.91. The van der Waals surface area contributed by atoms with E-state index in [1.807, 2.05) is 0 Å². The molecule has 2 aliphatic rings. The van der Waals surface area contributed by atoms with Gasteiger partial charge in [-0.05, 0) is 12.8 Å². The minimum Gasteiger partial charge on any atom is -0.379 e. The number of thioether (sulfide) groups is 1. The van der Waals surface area contributed by atoms with Crippen molar-refractivity contribution in [2.45, 2.75) is 30.1 Å². The zero-order valence-corrected chi connectivity index (χ0v) is 8.94. The molecule has 0 aromatic heterocycles. The van der Waals surface area contributed by atoms with Gasteiger partial charge in [-0.3, -0.25) is 5.41 Å². The van der Waals surface area contributed by atoms with Gasteiger partial charge in [0.15, 0.2) is 5.17 Å². The summed E-state index contributed by atoms with van der Waals surface area (Å²) in [6.07, 6.45) is 2.95. The zero-order valence-electron chi connectivity index (χ0n) is 8.12. The topological polar surface area (TPSA) is 68.3 Å². The standard InChI is InChI=1S/C9H16N2O2S/c10-8(11)14-7-1-3-13-9(5-7)2-4-12-6-9/h7H,1-6H2,(H3,10,11). The van der Waals surface area contributed by atoms with Gasteiger partial charge in [-0.25, -0.2) is 0 Å². The Balaban J connectivity index is 1.93. The summed E-state index contributed by atoms with van der Waals surface area (Å²) in [6, 6.07) is 0. The highest BCUT2D eigenvalue weighted by Gasteiger charge is 2.41. The molecule has 14 heavy (non-hydrogen) atoms. The zero-order chi connectivity index (χ0) is 10.0. The van der Waals surface area contributed by atoms with Gasteiger partial charge in [-0.15, -0.1) is 0 Å². The summed E-state index contributed by atoms with van der Waals surface area (Å²) in [6.45, 7) is 2.29. The Morgan fingerprint density at radius 3 is 3.00 bits per heavy atom. The van der Waals surface area contributed by atoms with E-state index in [1.54, 1.807) is 0 Å². The van der Waals surface area contributed by atoms with Crippen LogP contribution in [0, 0.1) is 5.41 Å². The van der Waals surface area contributed by atoms with Gasteiger partial charge in [-0.2, -0.15) is 0 Å². The maximum absolute atomic E-state index is 7.26. The molecule has 0 saturated carbocycles. The minimum atomic E-state index is -0.0641. The Labute approximate surface area is 88.0 Å². The van der Waals surface area contributed by atoms with Crippen LogP contribution >= 0.6 is 11.8 Å². The van der Waals surface area contributed by atoms with Crippen molar-refractivity contribution < 1.29 is 9.47 Å². The van der Waals surface area contributed by atoms with Crippen molar-refractivity contribution in [1.29, 1.82) is 5.41 Å². The van der Waals surface area contributed by atoms with Crippen LogP contribution in [0.4, 0.5) is 0 Å². The summed E-state index contributed by atoms with van der Waals surface area (Å²) in [4.78, 5) is 0. The van der Waals surface area contributed by atoms with Crippen molar-refractivity contribution in [1.82, 2.24) is 0 Å². The minimum absolute atomic E-state index is 0.0641. The van der Waals surface area contributed by atoms with Crippen LogP contribution in [0.25, 0.3) is 0 Å². The molecule has 2 rings (SSSR count).